The second-order valence-corrected chi connectivity index (χ2v) is 4.15. The number of carbonyl (C=O) groups is 1. The Labute approximate surface area is 112 Å². The Hall–Kier alpha value is -1.66. The van der Waals surface area contributed by atoms with Crippen molar-refractivity contribution in [1.29, 1.82) is 0 Å². The molecule has 20 heavy (non-hydrogen) atoms. The summed E-state index contributed by atoms with van der Waals surface area (Å²) in [4.78, 5) is 11.1. The second-order valence-electron chi connectivity index (χ2n) is 4.15. The Bertz CT molecular complexity index is 482. The second kappa shape index (κ2) is 6.67. The summed E-state index contributed by atoms with van der Waals surface area (Å²) in [6.07, 6.45) is -3.15. The van der Waals surface area contributed by atoms with Crippen LogP contribution in [0, 0.1) is 11.6 Å². The molecule has 0 unspecified atom stereocenters. The molecule has 2 nitrogen and oxygen atoms in total. The molecule has 112 valence electrons. The number of unbranched alkanes of at least 4 members (excludes halogenated alkanes) is 2. The van der Waals surface area contributed by atoms with Crippen molar-refractivity contribution >= 4 is 5.78 Å². The first-order chi connectivity index (χ1) is 9.27. The molecule has 0 saturated carbocycles. The molecule has 0 radical (unpaired) electrons. The topological polar surface area (TPSA) is 26.3 Å². The van der Waals surface area contributed by atoms with Crippen LogP contribution in [0.4, 0.5) is 22.0 Å². The minimum absolute atomic E-state index is 0.0471. The molecule has 0 bridgehead atoms. The number of rotatable bonds is 6. The molecule has 0 heterocycles. The number of alkyl halides is 3. The highest BCUT2D eigenvalue weighted by Crippen LogP contribution is 2.31. The van der Waals surface area contributed by atoms with Crippen LogP contribution in [0.3, 0.4) is 0 Å². The third-order valence-electron chi connectivity index (χ3n) is 2.50. The summed E-state index contributed by atoms with van der Waals surface area (Å²) in [6.45, 7) is 1.85. The normalized spacial score (nSPS) is 11.5. The molecule has 0 aliphatic carbocycles. The van der Waals surface area contributed by atoms with Crippen molar-refractivity contribution in [3.05, 3.63) is 29.3 Å². The quantitative estimate of drug-likeness (QED) is 0.445. The summed E-state index contributed by atoms with van der Waals surface area (Å²) in [5, 5.41) is 0. The van der Waals surface area contributed by atoms with Gasteiger partial charge in [0.05, 0.1) is 12.2 Å². The Morgan fingerprint density at radius 2 is 1.85 bits per heavy atom. The van der Waals surface area contributed by atoms with Crippen molar-refractivity contribution in [3.8, 4) is 5.75 Å². The van der Waals surface area contributed by atoms with Crippen LogP contribution in [0.5, 0.6) is 5.75 Å². The lowest BCUT2D eigenvalue weighted by atomic mass is 10.1. The van der Waals surface area contributed by atoms with E-state index < -0.39 is 34.9 Å². The van der Waals surface area contributed by atoms with Crippen molar-refractivity contribution in [3.63, 3.8) is 0 Å². The van der Waals surface area contributed by atoms with Gasteiger partial charge in [-0.25, -0.2) is 8.78 Å². The van der Waals surface area contributed by atoms with Crippen LogP contribution in [0.25, 0.3) is 0 Å². The van der Waals surface area contributed by atoms with Gasteiger partial charge in [0.1, 0.15) is 5.82 Å². The third-order valence-corrected chi connectivity index (χ3v) is 2.50. The van der Waals surface area contributed by atoms with Gasteiger partial charge in [-0.1, -0.05) is 19.8 Å². The number of benzene rings is 1. The van der Waals surface area contributed by atoms with E-state index in [2.05, 4.69) is 0 Å². The van der Waals surface area contributed by atoms with Gasteiger partial charge in [-0.2, -0.15) is 13.2 Å². The largest absolute Gasteiger partial charge is 0.490 e. The van der Waals surface area contributed by atoms with E-state index in [0.29, 0.717) is 18.6 Å². The summed E-state index contributed by atoms with van der Waals surface area (Å²) in [7, 11) is 0. The SMILES string of the molecule is CCCCCOc1c(F)cc(F)cc1C(=O)C(F)(F)F. The average molecular weight is 296 g/mol. The van der Waals surface area contributed by atoms with E-state index >= 15 is 0 Å². The van der Waals surface area contributed by atoms with Crippen molar-refractivity contribution in [2.45, 2.75) is 32.4 Å². The smallest absolute Gasteiger partial charge is 0.455 e. The van der Waals surface area contributed by atoms with E-state index in [1.54, 1.807) is 0 Å². The van der Waals surface area contributed by atoms with Gasteiger partial charge in [0.2, 0.25) is 0 Å². The zero-order valence-electron chi connectivity index (χ0n) is 10.7. The number of carbonyl (C=O) groups excluding carboxylic acids is 1. The van der Waals surface area contributed by atoms with Crippen LogP contribution in [0.15, 0.2) is 12.1 Å². The summed E-state index contributed by atoms with van der Waals surface area (Å²) in [5.41, 5.74) is -1.15. The van der Waals surface area contributed by atoms with Gasteiger partial charge >= 0.3 is 6.18 Å². The molecule has 0 atom stereocenters. The lowest BCUT2D eigenvalue weighted by Gasteiger charge is -2.13. The maximum Gasteiger partial charge on any atom is 0.455 e. The fourth-order valence-corrected chi connectivity index (χ4v) is 1.55. The first-order valence-electron chi connectivity index (χ1n) is 6.00. The molecule has 0 aliphatic heterocycles. The van der Waals surface area contributed by atoms with Crippen molar-refractivity contribution in [1.82, 2.24) is 0 Å². The Kier molecular flexibility index (Phi) is 5.47. The van der Waals surface area contributed by atoms with Gasteiger partial charge in [-0.05, 0) is 12.5 Å². The number of hydrogen-bond acceptors (Lipinski definition) is 2. The van der Waals surface area contributed by atoms with E-state index in [1.165, 1.54) is 0 Å². The minimum Gasteiger partial charge on any atom is -0.490 e. The molecule has 1 aromatic rings. The summed E-state index contributed by atoms with van der Waals surface area (Å²) < 4.78 is 68.5. The Balaban J connectivity index is 3.05. The van der Waals surface area contributed by atoms with Crippen molar-refractivity contribution in [2.24, 2.45) is 0 Å². The fraction of sp³-hybridized carbons (Fsp3) is 0.462. The third kappa shape index (κ3) is 4.18. The number of ether oxygens (including phenoxy) is 1. The number of ketones is 1. The van der Waals surface area contributed by atoms with Crippen LogP contribution in [-0.4, -0.2) is 18.6 Å². The van der Waals surface area contributed by atoms with Gasteiger partial charge < -0.3 is 4.74 Å². The molecule has 0 amide bonds. The van der Waals surface area contributed by atoms with Gasteiger partial charge in [0.25, 0.3) is 5.78 Å². The lowest BCUT2D eigenvalue weighted by Crippen LogP contribution is -2.24. The molecular weight excluding hydrogens is 283 g/mol. The molecule has 0 fully saturated rings. The van der Waals surface area contributed by atoms with Crippen LogP contribution < -0.4 is 4.74 Å². The van der Waals surface area contributed by atoms with E-state index in [-0.39, 0.29) is 6.61 Å². The van der Waals surface area contributed by atoms with E-state index in [0.717, 1.165) is 12.8 Å². The zero-order chi connectivity index (χ0) is 15.3. The van der Waals surface area contributed by atoms with Crippen molar-refractivity contribution in [2.75, 3.05) is 6.61 Å². The highest BCUT2D eigenvalue weighted by Gasteiger charge is 2.41. The molecular formula is C13H13F5O2. The molecule has 0 aromatic heterocycles. The average Bonchev–Trinajstić information content (AvgIpc) is 2.34. The fourth-order valence-electron chi connectivity index (χ4n) is 1.55. The maximum atomic E-state index is 13.5. The lowest BCUT2D eigenvalue weighted by molar-refractivity contribution is -0.0887. The van der Waals surface area contributed by atoms with E-state index in [4.69, 9.17) is 4.74 Å². The highest BCUT2D eigenvalue weighted by molar-refractivity contribution is 6.02. The first-order valence-corrected chi connectivity index (χ1v) is 6.00. The van der Waals surface area contributed by atoms with E-state index in [1.807, 2.05) is 6.92 Å². The summed E-state index contributed by atoms with van der Waals surface area (Å²) >= 11 is 0. The van der Waals surface area contributed by atoms with Crippen LogP contribution in [0.1, 0.15) is 36.5 Å². The molecule has 0 spiro atoms. The van der Waals surface area contributed by atoms with Gasteiger partial charge in [0, 0.05) is 6.07 Å². The van der Waals surface area contributed by atoms with Gasteiger partial charge in [0.15, 0.2) is 11.6 Å². The van der Waals surface area contributed by atoms with Crippen molar-refractivity contribution < 1.29 is 31.5 Å². The molecule has 0 aliphatic rings. The van der Waals surface area contributed by atoms with E-state index in [9.17, 15) is 26.7 Å². The van der Waals surface area contributed by atoms with Crippen LogP contribution in [-0.2, 0) is 0 Å². The standard InChI is InChI=1S/C13H13F5O2/c1-2-3-4-5-20-11-9(12(19)13(16,17)18)6-8(14)7-10(11)15/h6-7H,2-5H2,1H3. The monoisotopic (exact) mass is 296 g/mol. The molecule has 0 N–H and O–H groups in total. The van der Waals surface area contributed by atoms with Crippen LogP contribution >= 0.6 is 0 Å². The molecule has 0 saturated heterocycles. The predicted molar refractivity (Wildman–Crippen MR) is 61.8 cm³/mol. The Morgan fingerprint density at radius 1 is 1.20 bits per heavy atom. The number of hydrogen-bond donors (Lipinski definition) is 0. The molecule has 1 aromatic carbocycles. The van der Waals surface area contributed by atoms with Crippen LogP contribution in [0.2, 0.25) is 0 Å². The maximum absolute atomic E-state index is 13.5. The van der Waals surface area contributed by atoms with Gasteiger partial charge in [-0.15, -0.1) is 0 Å². The number of halogens is 5. The molecule has 7 heteroatoms. The Morgan fingerprint density at radius 3 is 2.40 bits per heavy atom. The summed E-state index contributed by atoms with van der Waals surface area (Å²) in [5.74, 6) is -5.78. The molecule has 1 rings (SSSR count). The number of Topliss-reactive ketones (excluding diaryl/α,β-unsaturated/α-hetero) is 1. The predicted octanol–water partition coefficient (Wildman–Crippen LogP) is 4.28. The highest BCUT2D eigenvalue weighted by atomic mass is 19.4. The zero-order valence-corrected chi connectivity index (χ0v) is 10.7. The summed E-state index contributed by atoms with van der Waals surface area (Å²) in [6, 6.07) is 0.705. The minimum atomic E-state index is -5.22. The first kappa shape index (κ1) is 16.4. The van der Waals surface area contributed by atoms with Gasteiger partial charge in [-0.3, -0.25) is 4.79 Å².